The number of rotatable bonds is 7. The molecule has 2 N–H and O–H groups in total. The van der Waals surface area contributed by atoms with Gasteiger partial charge in [-0.3, -0.25) is 14.4 Å². The zero-order valence-corrected chi connectivity index (χ0v) is 26.8. The van der Waals surface area contributed by atoms with E-state index in [2.05, 4.69) is 5.32 Å². The number of para-hydroxylation sites is 2. The fourth-order valence-corrected chi connectivity index (χ4v) is 4.10. The van der Waals surface area contributed by atoms with E-state index >= 15 is 0 Å². The fourth-order valence-electron chi connectivity index (χ4n) is 4.10. The van der Waals surface area contributed by atoms with E-state index in [1.807, 2.05) is 30.3 Å². The number of benzene rings is 3. The number of nitrogens with zero attached hydrogens (tertiary/aromatic N) is 2. The molecule has 1 atom stereocenters. The Hall–Kier alpha value is -2.67. The summed E-state index contributed by atoms with van der Waals surface area (Å²) in [6.45, 7) is -0.579. The predicted octanol–water partition coefficient (Wildman–Crippen LogP) is 3.82. The normalized spacial score (nSPS) is 14.0. The van der Waals surface area contributed by atoms with Crippen molar-refractivity contribution in [3.8, 4) is 0 Å². The summed E-state index contributed by atoms with van der Waals surface area (Å²) < 4.78 is 0. The maximum Gasteiger partial charge on any atom is 0.251 e. The molecule has 0 saturated heterocycles. The number of fused-ring (bicyclic) bond motifs is 1. The van der Waals surface area contributed by atoms with Gasteiger partial charge in [-0.25, -0.2) is 0 Å². The standard InChI is InChI=1S/C27H26N4O4.CH3.W.Y/c28-24(32)18-31-23-14-8-7-13-22(23)30(25(33)16-15-19-9-3-1-4-10-19)17-21(27(31)35)29-26(34)20-11-5-2-6-12-20;;;/h1-14,21H,15-18H2,(H3,28,29,32,34);1H3;;/q;-1;;/p-1/t21-;;;/m0.../s1. The first-order chi connectivity index (χ1) is 16.9. The number of carbonyl (C=O) groups is 4. The Morgan fingerprint density at radius 1 is 0.868 bits per heavy atom. The predicted molar refractivity (Wildman–Crippen MR) is 139 cm³/mol. The van der Waals surface area contributed by atoms with Gasteiger partial charge in [0, 0.05) is 65.8 Å². The van der Waals surface area contributed by atoms with Crippen LogP contribution in [0.2, 0.25) is 0 Å². The number of amides is 4. The van der Waals surface area contributed by atoms with Gasteiger partial charge in [0.15, 0.2) is 0 Å². The van der Waals surface area contributed by atoms with Crippen LogP contribution in [0.3, 0.4) is 0 Å². The summed E-state index contributed by atoms with van der Waals surface area (Å²) >= 11 is 0. The van der Waals surface area contributed by atoms with Crippen LogP contribution in [0.4, 0.5) is 11.4 Å². The van der Waals surface area contributed by atoms with Crippen LogP contribution in [0.25, 0.3) is 5.73 Å². The molecule has 0 aliphatic carbocycles. The maximum atomic E-state index is 13.5. The number of hydrogen-bond donors (Lipinski definition) is 1. The van der Waals surface area contributed by atoms with Crippen LogP contribution in [0.5, 0.6) is 0 Å². The van der Waals surface area contributed by atoms with Crippen LogP contribution in [0.1, 0.15) is 22.3 Å². The summed E-state index contributed by atoms with van der Waals surface area (Å²) in [5, 5.41) is 2.73. The summed E-state index contributed by atoms with van der Waals surface area (Å²) in [7, 11) is 0. The van der Waals surface area contributed by atoms with Gasteiger partial charge in [0.1, 0.15) is 6.04 Å². The van der Waals surface area contributed by atoms with Crippen molar-refractivity contribution >= 4 is 35.0 Å². The van der Waals surface area contributed by atoms with Gasteiger partial charge in [-0.2, -0.15) is 0 Å². The number of anilines is 2. The second-order valence-corrected chi connectivity index (χ2v) is 8.22. The maximum absolute atomic E-state index is 13.5. The molecule has 3 aromatic carbocycles. The molecule has 4 rings (SSSR count). The van der Waals surface area contributed by atoms with E-state index in [4.69, 9.17) is 5.73 Å². The number of nitrogens with one attached hydrogen (secondary N) is 2. The quantitative estimate of drug-likeness (QED) is 0.370. The van der Waals surface area contributed by atoms with E-state index in [-0.39, 0.29) is 80.1 Å². The molecule has 1 aliphatic rings. The molecule has 3 aromatic rings. The van der Waals surface area contributed by atoms with E-state index in [0.717, 1.165) is 5.56 Å². The molecule has 195 valence electrons. The average molecular weight is 757 g/mol. The molecule has 8 nitrogen and oxygen atoms in total. The molecule has 1 heterocycles. The van der Waals surface area contributed by atoms with Crippen LogP contribution in [-0.4, -0.2) is 42.8 Å². The Kier molecular flexibility index (Phi) is 13.8. The molecule has 38 heavy (non-hydrogen) atoms. The van der Waals surface area contributed by atoms with Crippen molar-refractivity contribution in [1.82, 2.24) is 5.32 Å². The number of hydrogen-bond acceptors (Lipinski definition) is 4. The molecule has 0 saturated carbocycles. The monoisotopic (exact) mass is 757 g/mol. The first kappa shape index (κ1) is 33.4. The molecule has 10 heteroatoms. The summed E-state index contributed by atoms with van der Waals surface area (Å²) in [5.74, 6) is -2.19. The summed E-state index contributed by atoms with van der Waals surface area (Å²) in [6, 6.07) is 23.7. The third-order valence-corrected chi connectivity index (χ3v) is 5.81. The van der Waals surface area contributed by atoms with E-state index in [9.17, 15) is 19.2 Å². The van der Waals surface area contributed by atoms with Crippen LogP contribution >= 0.6 is 0 Å². The molecule has 4 amide bonds. The largest absolute Gasteiger partial charge is 0.666 e. The van der Waals surface area contributed by atoms with Crippen molar-refractivity contribution in [2.75, 3.05) is 22.9 Å². The molecule has 0 aromatic heterocycles. The Morgan fingerprint density at radius 2 is 1.42 bits per heavy atom. The van der Waals surface area contributed by atoms with Gasteiger partial charge in [0.2, 0.25) is 5.91 Å². The van der Waals surface area contributed by atoms with E-state index < -0.39 is 30.3 Å². The molecular formula is C28H28N4O4WY-2. The van der Waals surface area contributed by atoms with Crippen molar-refractivity contribution in [3.63, 3.8) is 0 Å². The van der Waals surface area contributed by atoms with Gasteiger partial charge in [-0.15, -0.1) is 0 Å². The minimum atomic E-state index is -1.10. The molecule has 1 radical (unpaired) electrons. The summed E-state index contributed by atoms with van der Waals surface area (Å²) in [5.41, 5.74) is 9.64. The molecule has 0 bridgehead atoms. The average Bonchev–Trinajstić information content (AvgIpc) is 2.99. The van der Waals surface area contributed by atoms with Crippen LogP contribution < -0.4 is 15.1 Å². The van der Waals surface area contributed by atoms with Gasteiger partial charge in [0.05, 0.1) is 30.4 Å². The minimum absolute atomic E-state index is 0. The topological polar surface area (TPSA) is 111 Å². The van der Waals surface area contributed by atoms with Gasteiger partial charge in [-0.1, -0.05) is 60.7 Å². The zero-order valence-electron chi connectivity index (χ0n) is 21.0. The Labute approximate surface area is 262 Å². The Balaban J connectivity index is 0.00000241. The van der Waals surface area contributed by atoms with Crippen molar-refractivity contribution < 1.29 is 73.0 Å². The Bertz CT molecular complexity index is 1240. The summed E-state index contributed by atoms with van der Waals surface area (Å²) in [4.78, 5) is 54.1. The van der Waals surface area contributed by atoms with Gasteiger partial charge >= 0.3 is 0 Å². The van der Waals surface area contributed by atoms with Gasteiger partial charge < -0.3 is 33.1 Å². The zero-order chi connectivity index (χ0) is 24.8. The van der Waals surface area contributed by atoms with Gasteiger partial charge in [0.25, 0.3) is 11.8 Å². The minimum Gasteiger partial charge on any atom is -0.666 e. The molecule has 0 fully saturated rings. The number of aryl methyl sites for hydroxylation is 1. The Morgan fingerprint density at radius 3 is 2.03 bits per heavy atom. The SMILES string of the molecule is [CH3-].[NH-]C(=O)CN1C(=O)[C@@H](NC(=O)c2ccccc2)CN(C(=O)CCc2ccccc2)c2ccccc21.[W].[Y]. The first-order valence-corrected chi connectivity index (χ1v) is 11.3. The third kappa shape index (κ3) is 8.16. The second kappa shape index (κ2) is 15.7. The van der Waals surface area contributed by atoms with Crippen molar-refractivity contribution in [2.45, 2.75) is 18.9 Å². The van der Waals surface area contributed by atoms with E-state index in [1.54, 1.807) is 54.6 Å². The van der Waals surface area contributed by atoms with Crippen molar-refractivity contribution in [2.24, 2.45) is 0 Å². The van der Waals surface area contributed by atoms with Crippen LogP contribution in [0.15, 0.2) is 84.9 Å². The molecule has 0 unspecified atom stereocenters. The van der Waals surface area contributed by atoms with E-state index in [0.29, 0.717) is 23.4 Å². The smallest absolute Gasteiger partial charge is 0.251 e. The van der Waals surface area contributed by atoms with Crippen LogP contribution in [0, 0.1) is 7.43 Å². The second-order valence-electron chi connectivity index (χ2n) is 8.22. The van der Waals surface area contributed by atoms with Crippen LogP contribution in [-0.2, 0) is 74.6 Å². The molecular weight excluding hydrogens is 729 g/mol. The fraction of sp³-hybridized carbons (Fsp3) is 0.179. The first-order valence-electron chi connectivity index (χ1n) is 11.3. The summed E-state index contributed by atoms with van der Waals surface area (Å²) in [6.07, 6.45) is 0.714. The van der Waals surface area contributed by atoms with E-state index in [1.165, 1.54) is 9.80 Å². The number of carbonyl (C=O) groups excluding carboxylic acids is 4. The third-order valence-electron chi connectivity index (χ3n) is 5.81. The van der Waals surface area contributed by atoms with Crippen molar-refractivity contribution in [3.05, 3.63) is 109 Å². The molecule has 0 spiro atoms. The van der Waals surface area contributed by atoms with Crippen molar-refractivity contribution in [1.29, 1.82) is 0 Å². The molecule has 1 aliphatic heterocycles. The van der Waals surface area contributed by atoms with Gasteiger partial charge in [-0.05, 0) is 36.2 Å².